The first-order valence-corrected chi connectivity index (χ1v) is 9.59. The molecule has 6 nitrogen and oxygen atoms in total. The minimum Gasteiger partial charge on any atom is -0.356 e. The number of hydrogen-bond donors (Lipinski definition) is 2. The van der Waals surface area contributed by atoms with Gasteiger partial charge < -0.3 is 15.5 Å². The number of carbonyl (C=O) groups excluding carboxylic acids is 2. The lowest BCUT2D eigenvalue weighted by atomic mass is 10.0. The molecule has 2 N–H and O–H groups in total. The van der Waals surface area contributed by atoms with Crippen LogP contribution in [-0.2, 0) is 4.79 Å². The molecular formula is C20H22ClFN4O2. The topological polar surface area (TPSA) is 74.3 Å². The summed E-state index contributed by atoms with van der Waals surface area (Å²) in [5.41, 5.74) is 0.186. The van der Waals surface area contributed by atoms with E-state index in [0.29, 0.717) is 0 Å². The number of aromatic nitrogens is 1. The van der Waals surface area contributed by atoms with Gasteiger partial charge in [-0.25, -0.2) is 9.37 Å². The monoisotopic (exact) mass is 404 g/mol. The maximum absolute atomic E-state index is 13.0. The van der Waals surface area contributed by atoms with Crippen LogP contribution in [0.25, 0.3) is 0 Å². The molecule has 148 valence electrons. The second-order valence-electron chi connectivity index (χ2n) is 6.65. The van der Waals surface area contributed by atoms with Crippen molar-refractivity contribution in [2.24, 2.45) is 0 Å². The van der Waals surface area contributed by atoms with Gasteiger partial charge >= 0.3 is 0 Å². The van der Waals surface area contributed by atoms with Crippen LogP contribution in [0.5, 0.6) is 0 Å². The van der Waals surface area contributed by atoms with Crippen LogP contribution in [0.2, 0.25) is 5.02 Å². The van der Waals surface area contributed by atoms with E-state index in [1.54, 1.807) is 6.20 Å². The van der Waals surface area contributed by atoms with Crippen LogP contribution < -0.4 is 15.5 Å². The highest BCUT2D eigenvalue weighted by Gasteiger charge is 2.21. The number of nitrogens with one attached hydrogen (secondary N) is 2. The Kier molecular flexibility index (Phi) is 6.81. The molecule has 1 aliphatic heterocycles. The summed E-state index contributed by atoms with van der Waals surface area (Å²) < 4.78 is 13.0. The molecule has 0 spiro atoms. The molecule has 0 radical (unpaired) electrons. The van der Waals surface area contributed by atoms with E-state index in [1.807, 2.05) is 18.2 Å². The maximum Gasteiger partial charge on any atom is 0.252 e. The molecule has 8 heteroatoms. The number of amides is 2. The van der Waals surface area contributed by atoms with Gasteiger partial charge in [-0.05, 0) is 43.2 Å². The summed E-state index contributed by atoms with van der Waals surface area (Å²) in [6.07, 6.45) is 3.64. The average Bonchev–Trinajstić information content (AvgIpc) is 2.69. The quantitative estimate of drug-likeness (QED) is 0.776. The largest absolute Gasteiger partial charge is 0.356 e. The Hall–Kier alpha value is -2.67. The third-order valence-corrected chi connectivity index (χ3v) is 4.96. The molecule has 3 rings (SSSR count). The second-order valence-corrected chi connectivity index (χ2v) is 7.05. The van der Waals surface area contributed by atoms with Crippen LogP contribution >= 0.6 is 11.6 Å². The summed E-state index contributed by atoms with van der Waals surface area (Å²) in [4.78, 5) is 30.7. The molecule has 2 heterocycles. The number of pyridine rings is 1. The maximum atomic E-state index is 13.0. The summed E-state index contributed by atoms with van der Waals surface area (Å²) >= 11 is 5.86. The Morgan fingerprint density at radius 3 is 2.68 bits per heavy atom. The van der Waals surface area contributed by atoms with Crippen LogP contribution in [0.3, 0.4) is 0 Å². The number of anilines is 1. The van der Waals surface area contributed by atoms with E-state index >= 15 is 0 Å². The van der Waals surface area contributed by atoms with Crippen LogP contribution in [-0.4, -0.2) is 42.5 Å². The molecular weight excluding hydrogens is 383 g/mol. The summed E-state index contributed by atoms with van der Waals surface area (Å²) in [5, 5.41) is 5.69. The van der Waals surface area contributed by atoms with Gasteiger partial charge in [-0.2, -0.15) is 0 Å². The van der Waals surface area contributed by atoms with Gasteiger partial charge in [0.2, 0.25) is 5.91 Å². The van der Waals surface area contributed by atoms with Crippen molar-refractivity contribution >= 4 is 29.2 Å². The fourth-order valence-electron chi connectivity index (χ4n) is 3.15. The number of rotatable bonds is 6. The number of benzene rings is 1. The normalized spacial score (nSPS) is 14.6. The van der Waals surface area contributed by atoms with E-state index in [-0.39, 0.29) is 35.5 Å². The zero-order chi connectivity index (χ0) is 19.9. The van der Waals surface area contributed by atoms with Crippen LogP contribution in [0.1, 0.15) is 29.6 Å². The van der Waals surface area contributed by atoms with Gasteiger partial charge in [0, 0.05) is 38.3 Å². The van der Waals surface area contributed by atoms with E-state index < -0.39 is 11.7 Å². The van der Waals surface area contributed by atoms with Crippen molar-refractivity contribution in [3.8, 4) is 0 Å². The van der Waals surface area contributed by atoms with Crippen molar-refractivity contribution in [1.29, 1.82) is 0 Å². The second kappa shape index (κ2) is 9.50. The van der Waals surface area contributed by atoms with Crippen molar-refractivity contribution in [2.75, 3.05) is 24.5 Å². The van der Waals surface area contributed by atoms with E-state index in [4.69, 9.17) is 11.6 Å². The van der Waals surface area contributed by atoms with E-state index in [0.717, 1.165) is 37.8 Å². The fraction of sp³-hybridized carbons (Fsp3) is 0.350. The molecule has 0 aliphatic carbocycles. The van der Waals surface area contributed by atoms with Crippen molar-refractivity contribution in [2.45, 2.75) is 25.3 Å². The number of nitrogens with zero attached hydrogens (tertiary/aromatic N) is 2. The lowest BCUT2D eigenvalue weighted by Gasteiger charge is -2.33. The molecule has 1 aliphatic rings. The highest BCUT2D eigenvalue weighted by Crippen LogP contribution is 2.18. The molecule has 28 heavy (non-hydrogen) atoms. The van der Waals surface area contributed by atoms with Gasteiger partial charge in [-0.15, -0.1) is 0 Å². The van der Waals surface area contributed by atoms with E-state index in [1.165, 1.54) is 12.1 Å². The molecule has 1 fully saturated rings. The number of piperidine rings is 1. The van der Waals surface area contributed by atoms with Crippen LogP contribution in [0, 0.1) is 5.82 Å². The Labute approximate surface area is 168 Å². The molecule has 2 aromatic rings. The van der Waals surface area contributed by atoms with E-state index in [9.17, 15) is 14.0 Å². The molecule has 0 saturated carbocycles. The molecule has 0 unspecified atom stereocenters. The highest BCUT2D eigenvalue weighted by molar-refractivity contribution is 6.33. The Morgan fingerprint density at radius 1 is 1.21 bits per heavy atom. The van der Waals surface area contributed by atoms with Gasteiger partial charge in [-0.1, -0.05) is 17.7 Å². The summed E-state index contributed by atoms with van der Waals surface area (Å²) in [5.74, 6) is -0.0901. The van der Waals surface area contributed by atoms with Crippen LogP contribution in [0.4, 0.5) is 10.2 Å². The average molecular weight is 405 g/mol. The number of hydrogen-bond acceptors (Lipinski definition) is 4. The van der Waals surface area contributed by atoms with Gasteiger partial charge in [-0.3, -0.25) is 9.59 Å². The first-order chi connectivity index (χ1) is 13.5. The minimum absolute atomic E-state index is 0.0432. The van der Waals surface area contributed by atoms with Crippen molar-refractivity contribution in [1.82, 2.24) is 15.6 Å². The molecule has 0 bridgehead atoms. The zero-order valence-corrected chi connectivity index (χ0v) is 16.1. The lowest BCUT2D eigenvalue weighted by molar-refractivity contribution is -0.121. The van der Waals surface area contributed by atoms with Crippen molar-refractivity contribution in [3.63, 3.8) is 0 Å². The lowest BCUT2D eigenvalue weighted by Crippen LogP contribution is -2.45. The predicted octanol–water partition coefficient (Wildman–Crippen LogP) is 2.78. The molecule has 1 aromatic heterocycles. The third kappa shape index (κ3) is 5.42. The molecule has 2 amide bonds. The zero-order valence-electron chi connectivity index (χ0n) is 15.3. The fourth-order valence-corrected chi connectivity index (χ4v) is 3.41. The Bertz CT molecular complexity index is 826. The van der Waals surface area contributed by atoms with Crippen molar-refractivity contribution < 1.29 is 14.0 Å². The van der Waals surface area contributed by atoms with E-state index in [2.05, 4.69) is 20.5 Å². The Balaban J connectivity index is 1.37. The smallest absolute Gasteiger partial charge is 0.252 e. The highest BCUT2D eigenvalue weighted by atomic mass is 35.5. The summed E-state index contributed by atoms with van der Waals surface area (Å²) in [6.45, 7) is 1.86. The third-order valence-electron chi connectivity index (χ3n) is 4.65. The molecule has 1 aromatic carbocycles. The van der Waals surface area contributed by atoms with Crippen molar-refractivity contribution in [3.05, 3.63) is 59.0 Å². The van der Waals surface area contributed by atoms with Gasteiger partial charge in [0.1, 0.15) is 11.6 Å². The van der Waals surface area contributed by atoms with Crippen LogP contribution in [0.15, 0.2) is 42.6 Å². The standard InChI is InChI=1S/C20H22ClFN4O2/c21-17-13-14(22)4-5-16(17)20(28)24-10-6-19(27)25-15-7-11-26(12-8-15)18-3-1-2-9-23-18/h1-5,9,13,15H,6-8,10-12H2,(H,24,28)(H,25,27). The predicted molar refractivity (Wildman–Crippen MR) is 106 cm³/mol. The first kappa shape index (κ1) is 20.1. The number of halogens is 2. The SMILES string of the molecule is O=C(CCNC(=O)c1ccc(F)cc1Cl)NC1CCN(c2ccccn2)CC1. The first-order valence-electron chi connectivity index (χ1n) is 9.21. The number of carbonyl (C=O) groups is 2. The molecule has 1 saturated heterocycles. The Morgan fingerprint density at radius 2 is 2.00 bits per heavy atom. The summed E-state index contributed by atoms with van der Waals surface area (Å²) in [6, 6.07) is 9.53. The van der Waals surface area contributed by atoms with Gasteiger partial charge in [0.25, 0.3) is 5.91 Å². The van der Waals surface area contributed by atoms with Gasteiger partial charge in [0.15, 0.2) is 0 Å². The molecule has 0 atom stereocenters. The van der Waals surface area contributed by atoms with Gasteiger partial charge in [0.05, 0.1) is 10.6 Å². The minimum atomic E-state index is -0.505. The summed E-state index contributed by atoms with van der Waals surface area (Å²) in [7, 11) is 0.